The van der Waals surface area contributed by atoms with Crippen molar-refractivity contribution in [1.29, 1.82) is 0 Å². The van der Waals surface area contributed by atoms with Crippen LogP contribution in [0.2, 0.25) is 0 Å². The highest BCUT2D eigenvalue weighted by molar-refractivity contribution is 5.89. The number of imidazole rings is 2. The maximum absolute atomic E-state index is 9.55. The predicted octanol–water partition coefficient (Wildman–Crippen LogP) is 5.21. The number of carboxylic acids is 2. The molecule has 2 N–H and O–H groups in total. The summed E-state index contributed by atoms with van der Waals surface area (Å²) in [5, 5.41) is 15.6. The normalized spacial score (nSPS) is 13.7. The molecule has 0 spiro atoms. The van der Waals surface area contributed by atoms with Crippen LogP contribution in [0.5, 0.6) is 0 Å². The van der Waals surface area contributed by atoms with E-state index in [0.29, 0.717) is 12.2 Å². The summed E-state index contributed by atoms with van der Waals surface area (Å²) in [4.78, 5) is 32.0. The Kier molecular flexibility index (Phi) is 14.2. The second kappa shape index (κ2) is 17.5. The van der Waals surface area contributed by atoms with Crippen LogP contribution in [0.3, 0.4) is 0 Å². The Bertz CT molecular complexity index is 1280. The van der Waals surface area contributed by atoms with Gasteiger partial charge in [0, 0.05) is 50.0 Å². The van der Waals surface area contributed by atoms with Gasteiger partial charge in [0.15, 0.2) is 0 Å². The molecule has 4 rings (SSSR count). The lowest BCUT2D eigenvalue weighted by molar-refractivity contribution is -0.134. The molecule has 0 fully saturated rings. The van der Waals surface area contributed by atoms with Gasteiger partial charge in [-0.05, 0) is 52.2 Å². The average Bonchev–Trinajstić information content (AvgIpc) is 3.73. The van der Waals surface area contributed by atoms with E-state index in [1.807, 2.05) is 37.4 Å². The van der Waals surface area contributed by atoms with Crippen LogP contribution in [0, 0.1) is 0 Å². The van der Waals surface area contributed by atoms with Gasteiger partial charge < -0.3 is 19.3 Å². The molecule has 2 unspecified atom stereocenters. The van der Waals surface area contributed by atoms with Crippen LogP contribution >= 0.6 is 0 Å². The zero-order chi connectivity index (χ0) is 32.6. The second-order valence-electron chi connectivity index (χ2n) is 10.8. The van der Waals surface area contributed by atoms with Gasteiger partial charge in [-0.3, -0.25) is 9.80 Å². The first kappa shape index (κ1) is 35.7. The Morgan fingerprint density at radius 3 is 1.25 bits per heavy atom. The highest BCUT2D eigenvalue weighted by Gasteiger charge is 2.34. The SMILES string of the molecule is CCC(Cn1ccnc1)(c1ccccc1)N(C)C.CCC(Cn1ccnc1)(c1ccccc1)N(C)C.O=C(O)/C=C\C(=O)O. The van der Waals surface area contributed by atoms with Crippen molar-refractivity contribution < 1.29 is 19.8 Å². The molecule has 2 heterocycles. The second-order valence-corrected chi connectivity index (χ2v) is 10.8. The molecule has 0 amide bonds. The molecule has 2 aromatic heterocycles. The fourth-order valence-corrected chi connectivity index (χ4v) is 5.25. The number of carbonyl (C=O) groups is 2. The molecule has 10 nitrogen and oxygen atoms in total. The number of carboxylic acid groups (broad SMARTS) is 2. The first-order valence-electron chi connectivity index (χ1n) is 14.5. The van der Waals surface area contributed by atoms with Crippen LogP contribution in [0.4, 0.5) is 0 Å². The number of aromatic nitrogens is 4. The van der Waals surface area contributed by atoms with Gasteiger partial charge in [0.1, 0.15) is 0 Å². The average molecular weight is 603 g/mol. The van der Waals surface area contributed by atoms with E-state index in [4.69, 9.17) is 10.2 Å². The summed E-state index contributed by atoms with van der Waals surface area (Å²) in [6.45, 7) is 6.31. The van der Waals surface area contributed by atoms with Crippen molar-refractivity contribution in [2.75, 3.05) is 28.2 Å². The van der Waals surface area contributed by atoms with Crippen molar-refractivity contribution in [2.45, 2.75) is 50.9 Å². The van der Waals surface area contributed by atoms with E-state index >= 15 is 0 Å². The van der Waals surface area contributed by atoms with Gasteiger partial charge >= 0.3 is 11.9 Å². The highest BCUT2D eigenvalue weighted by Crippen LogP contribution is 2.33. The lowest BCUT2D eigenvalue weighted by Gasteiger charge is -2.40. The topological polar surface area (TPSA) is 117 Å². The summed E-state index contributed by atoms with van der Waals surface area (Å²) < 4.78 is 4.30. The summed E-state index contributed by atoms with van der Waals surface area (Å²) in [5.74, 6) is -2.51. The quantitative estimate of drug-likeness (QED) is 0.212. The van der Waals surface area contributed by atoms with Crippen LogP contribution in [-0.4, -0.2) is 79.2 Å². The Labute approximate surface area is 260 Å². The summed E-state index contributed by atoms with van der Waals surface area (Å²) >= 11 is 0. The zero-order valence-corrected chi connectivity index (χ0v) is 26.6. The Morgan fingerprint density at radius 1 is 0.682 bits per heavy atom. The summed E-state index contributed by atoms with van der Waals surface area (Å²) in [6.07, 6.45) is 14.7. The summed E-state index contributed by atoms with van der Waals surface area (Å²) in [5.41, 5.74) is 2.74. The molecule has 0 aliphatic heterocycles. The number of rotatable bonds is 12. The standard InChI is InChI=1S/2C15H21N3.C4H4O4/c2*1-4-15(17(2)3,12-18-11-10-16-13-18)14-8-6-5-7-9-14;5-3(6)1-2-4(7)8/h2*5-11,13H,4,12H2,1-3H3;1-2H,(H,5,6)(H,7,8)/b;;2-1-. The van der Waals surface area contributed by atoms with Crippen molar-refractivity contribution in [3.63, 3.8) is 0 Å². The summed E-state index contributed by atoms with van der Waals surface area (Å²) in [6, 6.07) is 21.4. The number of benzene rings is 2. The van der Waals surface area contributed by atoms with E-state index in [1.165, 1.54) is 11.1 Å². The van der Waals surface area contributed by atoms with E-state index in [1.54, 1.807) is 0 Å². The number of aliphatic carboxylic acids is 2. The van der Waals surface area contributed by atoms with Crippen molar-refractivity contribution in [3.05, 3.63) is 121 Å². The third kappa shape index (κ3) is 10.0. The first-order chi connectivity index (χ1) is 21.0. The molecule has 0 radical (unpaired) electrons. The van der Waals surface area contributed by atoms with Crippen molar-refractivity contribution >= 4 is 11.9 Å². The minimum absolute atomic E-state index is 0.0158. The van der Waals surface area contributed by atoms with Crippen LogP contribution in [-0.2, 0) is 33.8 Å². The molecule has 4 aromatic rings. The van der Waals surface area contributed by atoms with E-state index in [0.717, 1.165) is 25.9 Å². The van der Waals surface area contributed by atoms with Crippen LogP contribution in [0.1, 0.15) is 37.8 Å². The van der Waals surface area contributed by atoms with Gasteiger partial charge in [-0.2, -0.15) is 0 Å². The Morgan fingerprint density at radius 2 is 1.02 bits per heavy atom. The zero-order valence-electron chi connectivity index (χ0n) is 26.6. The number of nitrogens with zero attached hydrogens (tertiary/aromatic N) is 6. The minimum atomic E-state index is -1.26. The van der Waals surface area contributed by atoms with Crippen molar-refractivity contribution in [1.82, 2.24) is 28.9 Å². The molecule has 0 bridgehead atoms. The third-order valence-corrected chi connectivity index (χ3v) is 7.88. The van der Waals surface area contributed by atoms with Crippen LogP contribution < -0.4 is 0 Å². The highest BCUT2D eigenvalue weighted by atomic mass is 16.4. The third-order valence-electron chi connectivity index (χ3n) is 7.88. The maximum atomic E-state index is 9.55. The summed E-state index contributed by atoms with van der Waals surface area (Å²) in [7, 11) is 8.59. The molecule has 0 aliphatic rings. The fourth-order valence-electron chi connectivity index (χ4n) is 5.25. The van der Waals surface area contributed by atoms with Gasteiger partial charge in [-0.15, -0.1) is 0 Å². The monoisotopic (exact) mass is 602 g/mol. The van der Waals surface area contributed by atoms with Gasteiger partial charge in [0.2, 0.25) is 0 Å². The molecule has 2 atom stereocenters. The van der Waals surface area contributed by atoms with E-state index in [-0.39, 0.29) is 11.1 Å². The van der Waals surface area contributed by atoms with Crippen molar-refractivity contribution in [2.24, 2.45) is 0 Å². The number of hydrogen-bond acceptors (Lipinski definition) is 6. The van der Waals surface area contributed by atoms with Gasteiger partial charge in [-0.1, -0.05) is 74.5 Å². The molecular formula is C34H46N6O4. The van der Waals surface area contributed by atoms with E-state index in [2.05, 4.69) is 132 Å². The lowest BCUT2D eigenvalue weighted by atomic mass is 9.85. The number of hydrogen-bond donors (Lipinski definition) is 2. The Hall–Kier alpha value is -4.54. The minimum Gasteiger partial charge on any atom is -0.478 e. The predicted molar refractivity (Wildman–Crippen MR) is 173 cm³/mol. The van der Waals surface area contributed by atoms with Gasteiger partial charge in [0.05, 0.1) is 23.7 Å². The largest absolute Gasteiger partial charge is 0.478 e. The smallest absolute Gasteiger partial charge is 0.328 e. The van der Waals surface area contributed by atoms with Gasteiger partial charge in [0.25, 0.3) is 0 Å². The number of likely N-dealkylation sites (N-methyl/N-ethyl adjacent to an activating group) is 2. The molecule has 44 heavy (non-hydrogen) atoms. The van der Waals surface area contributed by atoms with E-state index < -0.39 is 11.9 Å². The molecular weight excluding hydrogens is 556 g/mol. The maximum Gasteiger partial charge on any atom is 0.328 e. The molecule has 236 valence electrons. The Balaban J connectivity index is 0.000000248. The molecule has 0 saturated heterocycles. The van der Waals surface area contributed by atoms with Crippen LogP contribution in [0.25, 0.3) is 0 Å². The lowest BCUT2D eigenvalue weighted by Crippen LogP contribution is -2.44. The first-order valence-corrected chi connectivity index (χ1v) is 14.5. The molecule has 0 saturated carbocycles. The van der Waals surface area contributed by atoms with E-state index in [9.17, 15) is 9.59 Å². The molecule has 10 heteroatoms. The molecule has 2 aromatic carbocycles. The van der Waals surface area contributed by atoms with Crippen LogP contribution in [0.15, 0.2) is 110 Å². The molecule has 0 aliphatic carbocycles. The fraction of sp³-hybridized carbons (Fsp3) is 0.353. The van der Waals surface area contributed by atoms with Crippen molar-refractivity contribution in [3.8, 4) is 0 Å². The van der Waals surface area contributed by atoms with Gasteiger partial charge in [-0.25, -0.2) is 19.6 Å².